The second-order valence-corrected chi connectivity index (χ2v) is 7.56. The van der Waals surface area contributed by atoms with Gasteiger partial charge < -0.3 is 0 Å². The SMILES string of the molecule is Cc1cc(-c2cc(C)c(C)c(C)c2)cc(-c2cc(C)c(C)c(C)c2)c1. The van der Waals surface area contributed by atoms with Crippen molar-refractivity contribution in [3.8, 4) is 22.3 Å². The van der Waals surface area contributed by atoms with Gasteiger partial charge in [0.25, 0.3) is 0 Å². The molecule has 0 heterocycles. The Morgan fingerprint density at radius 1 is 0.360 bits per heavy atom. The fraction of sp³-hybridized carbons (Fsp3) is 0.280. The van der Waals surface area contributed by atoms with Crippen LogP contribution in [0, 0.1) is 48.5 Å². The van der Waals surface area contributed by atoms with Gasteiger partial charge in [-0.05, 0) is 116 Å². The Balaban J connectivity index is 2.17. The molecule has 0 atom stereocenters. The topological polar surface area (TPSA) is 0 Å². The molecule has 0 saturated carbocycles. The van der Waals surface area contributed by atoms with Gasteiger partial charge in [-0.25, -0.2) is 0 Å². The number of hydrogen-bond donors (Lipinski definition) is 0. The van der Waals surface area contributed by atoms with Crippen LogP contribution in [0.5, 0.6) is 0 Å². The average molecular weight is 328 g/mol. The molecule has 0 spiro atoms. The molecular weight excluding hydrogens is 300 g/mol. The highest BCUT2D eigenvalue weighted by Crippen LogP contribution is 2.32. The maximum atomic E-state index is 2.33. The fourth-order valence-electron chi connectivity index (χ4n) is 3.52. The average Bonchev–Trinajstić information content (AvgIpc) is 2.56. The molecule has 0 bridgehead atoms. The maximum absolute atomic E-state index is 2.33. The monoisotopic (exact) mass is 328 g/mol. The molecule has 0 aliphatic carbocycles. The first-order chi connectivity index (χ1) is 11.8. The predicted molar refractivity (Wildman–Crippen MR) is 110 cm³/mol. The predicted octanol–water partition coefficient (Wildman–Crippen LogP) is 7.18. The van der Waals surface area contributed by atoms with Gasteiger partial charge in [0.05, 0.1) is 0 Å². The van der Waals surface area contributed by atoms with Gasteiger partial charge in [0.1, 0.15) is 0 Å². The Kier molecular flexibility index (Phi) is 4.56. The summed E-state index contributed by atoms with van der Waals surface area (Å²) in [5.41, 5.74) is 14.8. The van der Waals surface area contributed by atoms with Crippen LogP contribution >= 0.6 is 0 Å². The molecule has 25 heavy (non-hydrogen) atoms. The van der Waals surface area contributed by atoms with E-state index in [1.54, 1.807) is 0 Å². The van der Waals surface area contributed by atoms with Crippen molar-refractivity contribution in [3.05, 3.63) is 81.4 Å². The van der Waals surface area contributed by atoms with E-state index in [2.05, 4.69) is 90.9 Å². The van der Waals surface area contributed by atoms with E-state index in [9.17, 15) is 0 Å². The second kappa shape index (κ2) is 6.52. The van der Waals surface area contributed by atoms with Gasteiger partial charge in [0, 0.05) is 0 Å². The molecule has 0 radical (unpaired) electrons. The molecule has 0 aliphatic rings. The standard InChI is InChI=1S/C25H28/c1-15-8-22(24-10-16(2)20(6)17(3)11-24)14-23(9-15)25-12-18(4)21(7)19(5)13-25/h8-14H,1-7H3. The van der Waals surface area contributed by atoms with Crippen LogP contribution in [0.4, 0.5) is 0 Å². The third kappa shape index (κ3) is 3.39. The van der Waals surface area contributed by atoms with Gasteiger partial charge in [0.2, 0.25) is 0 Å². The Morgan fingerprint density at radius 3 is 0.960 bits per heavy atom. The summed E-state index contributed by atoms with van der Waals surface area (Å²) in [5, 5.41) is 0. The summed E-state index contributed by atoms with van der Waals surface area (Å²) in [7, 11) is 0. The van der Waals surface area contributed by atoms with E-state index >= 15 is 0 Å². The van der Waals surface area contributed by atoms with Crippen LogP contribution in [0.1, 0.15) is 38.9 Å². The van der Waals surface area contributed by atoms with E-state index in [1.165, 1.54) is 61.2 Å². The molecule has 0 heteroatoms. The molecule has 3 aromatic rings. The lowest BCUT2D eigenvalue weighted by molar-refractivity contribution is 1.26. The maximum Gasteiger partial charge on any atom is -0.0175 e. The molecule has 0 aromatic heterocycles. The largest absolute Gasteiger partial charge is 0.0514 e. The van der Waals surface area contributed by atoms with Crippen molar-refractivity contribution in [2.24, 2.45) is 0 Å². The molecule has 128 valence electrons. The van der Waals surface area contributed by atoms with E-state index < -0.39 is 0 Å². The summed E-state index contributed by atoms with van der Waals surface area (Å²) >= 11 is 0. The second-order valence-electron chi connectivity index (χ2n) is 7.56. The zero-order valence-corrected chi connectivity index (χ0v) is 16.5. The number of benzene rings is 3. The lowest BCUT2D eigenvalue weighted by Gasteiger charge is -2.14. The molecule has 0 N–H and O–H groups in total. The molecule has 3 aromatic carbocycles. The quantitative estimate of drug-likeness (QED) is 0.467. The van der Waals surface area contributed by atoms with Gasteiger partial charge in [0.15, 0.2) is 0 Å². The third-order valence-corrected chi connectivity index (χ3v) is 5.60. The van der Waals surface area contributed by atoms with Crippen LogP contribution in [-0.4, -0.2) is 0 Å². The molecule has 3 rings (SSSR count). The zero-order valence-electron chi connectivity index (χ0n) is 16.5. The summed E-state index contributed by atoms with van der Waals surface area (Å²) in [6, 6.07) is 16.2. The van der Waals surface area contributed by atoms with Crippen molar-refractivity contribution in [1.82, 2.24) is 0 Å². The first-order valence-corrected chi connectivity index (χ1v) is 9.04. The molecule has 0 aliphatic heterocycles. The van der Waals surface area contributed by atoms with Crippen LogP contribution in [-0.2, 0) is 0 Å². The zero-order chi connectivity index (χ0) is 18.3. The lowest BCUT2D eigenvalue weighted by Crippen LogP contribution is -1.92. The minimum Gasteiger partial charge on any atom is -0.0514 e. The Morgan fingerprint density at radius 2 is 0.640 bits per heavy atom. The molecule has 0 unspecified atom stereocenters. The highest BCUT2D eigenvalue weighted by Gasteiger charge is 2.08. The number of hydrogen-bond acceptors (Lipinski definition) is 0. The van der Waals surface area contributed by atoms with Gasteiger partial charge in [-0.1, -0.05) is 36.4 Å². The fourth-order valence-corrected chi connectivity index (χ4v) is 3.52. The van der Waals surface area contributed by atoms with Crippen molar-refractivity contribution in [1.29, 1.82) is 0 Å². The van der Waals surface area contributed by atoms with Crippen molar-refractivity contribution in [3.63, 3.8) is 0 Å². The minimum absolute atomic E-state index is 1.30. The van der Waals surface area contributed by atoms with Gasteiger partial charge >= 0.3 is 0 Å². The van der Waals surface area contributed by atoms with Crippen molar-refractivity contribution in [2.75, 3.05) is 0 Å². The highest BCUT2D eigenvalue weighted by atomic mass is 14.1. The van der Waals surface area contributed by atoms with Crippen LogP contribution in [0.2, 0.25) is 0 Å². The van der Waals surface area contributed by atoms with Crippen molar-refractivity contribution in [2.45, 2.75) is 48.5 Å². The van der Waals surface area contributed by atoms with E-state index in [0.717, 1.165) is 0 Å². The van der Waals surface area contributed by atoms with Crippen LogP contribution in [0.25, 0.3) is 22.3 Å². The number of rotatable bonds is 2. The molecule has 0 nitrogen and oxygen atoms in total. The third-order valence-electron chi connectivity index (χ3n) is 5.60. The molecule has 0 amide bonds. The Hall–Kier alpha value is -2.34. The van der Waals surface area contributed by atoms with Gasteiger partial charge in [-0.15, -0.1) is 0 Å². The minimum atomic E-state index is 1.30. The van der Waals surface area contributed by atoms with E-state index in [-0.39, 0.29) is 0 Å². The van der Waals surface area contributed by atoms with Crippen LogP contribution in [0.3, 0.4) is 0 Å². The van der Waals surface area contributed by atoms with E-state index in [0.29, 0.717) is 0 Å². The summed E-state index contributed by atoms with van der Waals surface area (Å²) in [5.74, 6) is 0. The molecule has 0 saturated heterocycles. The molecular formula is C25H28. The summed E-state index contributed by atoms with van der Waals surface area (Å²) in [4.78, 5) is 0. The highest BCUT2D eigenvalue weighted by molar-refractivity contribution is 5.76. The number of aryl methyl sites for hydroxylation is 5. The smallest absolute Gasteiger partial charge is 0.0175 e. The summed E-state index contributed by atoms with van der Waals surface area (Å²) in [6.45, 7) is 15.4. The van der Waals surface area contributed by atoms with Crippen molar-refractivity contribution >= 4 is 0 Å². The molecule has 0 fully saturated rings. The van der Waals surface area contributed by atoms with Crippen molar-refractivity contribution < 1.29 is 0 Å². The van der Waals surface area contributed by atoms with E-state index in [4.69, 9.17) is 0 Å². The van der Waals surface area contributed by atoms with Gasteiger partial charge in [-0.3, -0.25) is 0 Å². The summed E-state index contributed by atoms with van der Waals surface area (Å²) in [6.07, 6.45) is 0. The normalized spacial score (nSPS) is 11.0. The lowest BCUT2D eigenvalue weighted by atomic mass is 9.91. The first kappa shape index (κ1) is 17.5. The van der Waals surface area contributed by atoms with E-state index in [1.807, 2.05) is 0 Å². The Bertz CT molecular complexity index is 836. The first-order valence-electron chi connectivity index (χ1n) is 9.04. The van der Waals surface area contributed by atoms with Crippen LogP contribution in [0.15, 0.2) is 42.5 Å². The Labute approximate surface area is 152 Å². The van der Waals surface area contributed by atoms with Gasteiger partial charge in [-0.2, -0.15) is 0 Å². The summed E-state index contributed by atoms with van der Waals surface area (Å²) < 4.78 is 0. The van der Waals surface area contributed by atoms with Crippen LogP contribution < -0.4 is 0 Å².